The fraction of sp³-hybridized carbons (Fsp3) is 0.864. The van der Waals surface area contributed by atoms with Crippen LogP contribution in [0.2, 0.25) is 0 Å². The summed E-state index contributed by atoms with van der Waals surface area (Å²) in [6.07, 6.45) is 21.2. The van der Waals surface area contributed by atoms with Gasteiger partial charge < -0.3 is 0 Å². The van der Waals surface area contributed by atoms with Crippen LogP contribution in [0.1, 0.15) is 116 Å². The zero-order valence-electron chi connectivity index (χ0n) is 17.0. The van der Waals surface area contributed by atoms with Crippen molar-refractivity contribution < 1.29 is 4.57 Å². The Morgan fingerprint density at radius 2 is 1.33 bits per heavy atom. The lowest BCUT2D eigenvalue weighted by molar-refractivity contribution is -0.705. The maximum atomic E-state index is 2.52. The normalized spacial score (nSPS) is 11.5. The van der Waals surface area contributed by atoms with E-state index in [0.717, 1.165) is 0 Å². The van der Waals surface area contributed by atoms with Crippen LogP contribution in [-0.4, -0.2) is 4.57 Å². The summed E-state index contributed by atoms with van der Waals surface area (Å²) < 4.78 is 5.02. The molecule has 0 saturated carbocycles. The van der Waals surface area contributed by atoms with Crippen LogP contribution in [-0.2, 0) is 13.1 Å². The largest absolute Gasteiger partial charge is 0.258 e. The van der Waals surface area contributed by atoms with Crippen molar-refractivity contribution in [1.82, 2.24) is 4.57 Å². The number of nitrogens with zero attached hydrogens (tertiary/aromatic N) is 2. The molecule has 0 N–H and O–H groups in total. The Morgan fingerprint density at radius 1 is 0.792 bits per heavy atom. The van der Waals surface area contributed by atoms with Gasteiger partial charge in [0.05, 0.1) is 19.0 Å². The van der Waals surface area contributed by atoms with E-state index in [2.05, 4.69) is 49.2 Å². The Labute approximate surface area is 151 Å². The van der Waals surface area contributed by atoms with Crippen molar-refractivity contribution in [3.05, 3.63) is 18.2 Å². The van der Waals surface area contributed by atoms with Gasteiger partial charge in [-0.1, -0.05) is 79.1 Å². The molecule has 0 bridgehead atoms. The van der Waals surface area contributed by atoms with E-state index in [-0.39, 0.29) is 0 Å². The fourth-order valence-electron chi connectivity index (χ4n) is 3.65. The average Bonchev–Trinajstić information content (AvgIpc) is 2.97. The topological polar surface area (TPSA) is 8.81 Å². The molecule has 1 aromatic heterocycles. The van der Waals surface area contributed by atoms with E-state index in [1.807, 2.05) is 0 Å². The highest BCUT2D eigenvalue weighted by atomic mass is 15.1. The Bertz CT molecular complexity index is 406. The number of aromatic nitrogens is 2. The van der Waals surface area contributed by atoms with Gasteiger partial charge in [0, 0.05) is 0 Å². The summed E-state index contributed by atoms with van der Waals surface area (Å²) in [4.78, 5) is 0. The van der Waals surface area contributed by atoms with E-state index in [1.54, 1.807) is 0 Å². The first-order valence-electron chi connectivity index (χ1n) is 10.8. The zero-order valence-corrected chi connectivity index (χ0v) is 17.0. The quantitative estimate of drug-likeness (QED) is 0.251. The summed E-state index contributed by atoms with van der Waals surface area (Å²) in [6, 6.07) is 0. The number of imidazole rings is 1. The van der Waals surface area contributed by atoms with Gasteiger partial charge in [0.2, 0.25) is 0 Å². The molecule has 0 aliphatic heterocycles. The third-order valence-electron chi connectivity index (χ3n) is 5.04. The molecule has 0 saturated heterocycles. The predicted octanol–water partition coefficient (Wildman–Crippen LogP) is 6.62. The number of hydrogen-bond acceptors (Lipinski definition) is 0. The second-order valence-corrected chi connectivity index (χ2v) is 7.73. The van der Waals surface area contributed by atoms with Crippen molar-refractivity contribution in [1.29, 1.82) is 0 Å². The van der Waals surface area contributed by atoms with Crippen LogP contribution in [0.5, 0.6) is 0 Å². The molecule has 1 heterocycles. The number of aryl methyl sites for hydroxylation is 2. The minimum absolute atomic E-state index is 0.611. The van der Waals surface area contributed by atoms with Gasteiger partial charge >= 0.3 is 0 Å². The molecule has 0 amide bonds. The molecule has 140 valence electrons. The molecule has 0 fully saturated rings. The highest BCUT2D eigenvalue weighted by Crippen LogP contribution is 2.13. The van der Waals surface area contributed by atoms with Crippen LogP contribution in [0.15, 0.2) is 12.4 Å². The molecule has 0 aromatic carbocycles. The molecule has 0 aliphatic carbocycles. The van der Waals surface area contributed by atoms with Gasteiger partial charge in [-0.15, -0.1) is 0 Å². The number of hydrogen-bond donors (Lipinski definition) is 0. The molecule has 2 nitrogen and oxygen atoms in total. The lowest BCUT2D eigenvalue weighted by Crippen LogP contribution is -2.38. The van der Waals surface area contributed by atoms with E-state index < -0.39 is 0 Å². The predicted molar refractivity (Wildman–Crippen MR) is 105 cm³/mol. The van der Waals surface area contributed by atoms with Crippen molar-refractivity contribution >= 4 is 0 Å². The van der Waals surface area contributed by atoms with Crippen molar-refractivity contribution in [2.45, 2.75) is 124 Å². The van der Waals surface area contributed by atoms with Gasteiger partial charge in [0.15, 0.2) is 0 Å². The van der Waals surface area contributed by atoms with Crippen molar-refractivity contribution in [2.24, 2.45) is 0 Å². The molecule has 24 heavy (non-hydrogen) atoms. The van der Waals surface area contributed by atoms with Crippen molar-refractivity contribution in [2.75, 3.05) is 0 Å². The Morgan fingerprint density at radius 3 is 1.92 bits per heavy atom. The molecule has 0 unspecified atom stereocenters. The van der Waals surface area contributed by atoms with Crippen LogP contribution in [0.25, 0.3) is 0 Å². The van der Waals surface area contributed by atoms with E-state index in [4.69, 9.17) is 0 Å². The first-order valence-corrected chi connectivity index (χ1v) is 10.8. The van der Waals surface area contributed by atoms with Crippen LogP contribution in [0.4, 0.5) is 0 Å². The maximum Gasteiger partial charge on any atom is 0.258 e. The van der Waals surface area contributed by atoms with Crippen LogP contribution in [0.3, 0.4) is 0 Å². The van der Waals surface area contributed by atoms with E-state index >= 15 is 0 Å². The van der Waals surface area contributed by atoms with Gasteiger partial charge in [0.25, 0.3) is 5.82 Å². The van der Waals surface area contributed by atoms with Crippen molar-refractivity contribution in [3.8, 4) is 0 Å². The molecule has 2 heteroatoms. The van der Waals surface area contributed by atoms with Crippen LogP contribution < -0.4 is 4.57 Å². The van der Waals surface area contributed by atoms with Crippen molar-refractivity contribution in [3.63, 3.8) is 0 Å². The second kappa shape index (κ2) is 13.5. The number of rotatable bonds is 15. The SMILES string of the molecule is CCCCCCCCCC[n+]1ccn(CCCCCC)c1C(C)C. The molecular weight excluding hydrogens is 292 g/mol. The fourth-order valence-corrected chi connectivity index (χ4v) is 3.65. The zero-order chi connectivity index (χ0) is 17.6. The lowest BCUT2D eigenvalue weighted by atomic mass is 10.1. The van der Waals surface area contributed by atoms with E-state index in [0.29, 0.717) is 5.92 Å². The Hall–Kier alpha value is -0.790. The average molecular weight is 336 g/mol. The molecular formula is C22H43N2+. The standard InChI is InChI=1S/C22H43N2/c1-5-7-9-11-12-13-14-16-18-24-20-19-23(22(24)21(3)4)17-15-10-8-6-2/h19-21H,5-18H2,1-4H3/q+1. The molecule has 0 radical (unpaired) electrons. The van der Waals surface area contributed by atoms with Crippen LogP contribution in [0, 0.1) is 0 Å². The first kappa shape index (κ1) is 21.3. The van der Waals surface area contributed by atoms with Gasteiger partial charge in [-0.2, -0.15) is 0 Å². The second-order valence-electron chi connectivity index (χ2n) is 7.73. The third kappa shape index (κ3) is 8.35. The summed E-state index contributed by atoms with van der Waals surface area (Å²) in [5, 5.41) is 0. The Balaban J connectivity index is 2.32. The number of unbranched alkanes of at least 4 members (excludes halogenated alkanes) is 10. The highest BCUT2D eigenvalue weighted by Gasteiger charge is 2.19. The van der Waals surface area contributed by atoms with Crippen LogP contribution >= 0.6 is 0 Å². The molecule has 0 spiro atoms. The van der Waals surface area contributed by atoms with Gasteiger partial charge in [0.1, 0.15) is 12.4 Å². The Kier molecular flexibility index (Phi) is 12.0. The van der Waals surface area contributed by atoms with E-state index in [1.165, 1.54) is 96.0 Å². The summed E-state index contributed by atoms with van der Waals surface area (Å²) in [5.74, 6) is 2.13. The summed E-state index contributed by atoms with van der Waals surface area (Å²) >= 11 is 0. The lowest BCUT2D eigenvalue weighted by Gasteiger charge is -2.08. The van der Waals surface area contributed by atoms with Gasteiger partial charge in [-0.3, -0.25) is 0 Å². The maximum absolute atomic E-state index is 2.52. The summed E-state index contributed by atoms with van der Waals surface area (Å²) in [7, 11) is 0. The van der Waals surface area contributed by atoms with E-state index in [9.17, 15) is 0 Å². The minimum atomic E-state index is 0.611. The van der Waals surface area contributed by atoms with Gasteiger partial charge in [-0.25, -0.2) is 9.13 Å². The third-order valence-corrected chi connectivity index (χ3v) is 5.04. The highest BCUT2D eigenvalue weighted by molar-refractivity contribution is 4.89. The molecule has 0 aliphatic rings. The summed E-state index contributed by atoms with van der Waals surface area (Å²) in [5.41, 5.74) is 0. The molecule has 0 atom stereocenters. The molecule has 1 aromatic rings. The minimum Gasteiger partial charge on any atom is -0.234 e. The van der Waals surface area contributed by atoms with Gasteiger partial charge in [-0.05, 0) is 25.7 Å². The monoisotopic (exact) mass is 335 g/mol. The molecule has 1 rings (SSSR count). The summed E-state index contributed by atoms with van der Waals surface area (Å²) in [6.45, 7) is 11.6. The first-order chi connectivity index (χ1) is 11.7. The smallest absolute Gasteiger partial charge is 0.234 e.